The van der Waals surface area contributed by atoms with Crippen LogP contribution in [0.15, 0.2) is 12.1 Å². The molecule has 0 saturated carbocycles. The van der Waals surface area contributed by atoms with Gasteiger partial charge in [-0.05, 0) is 25.0 Å². The Hall–Kier alpha value is -2.92. The molecule has 1 aliphatic rings. The van der Waals surface area contributed by atoms with Gasteiger partial charge in [0.2, 0.25) is 11.8 Å². The molecule has 1 N–H and O–H groups in total. The van der Waals surface area contributed by atoms with Crippen molar-refractivity contribution in [3.8, 4) is 0 Å². The van der Waals surface area contributed by atoms with Crippen LogP contribution in [0.2, 0.25) is 0 Å². The Bertz CT molecular complexity index is 873. The van der Waals surface area contributed by atoms with E-state index < -0.39 is 12.0 Å². The van der Waals surface area contributed by atoms with Crippen LogP contribution >= 0.6 is 0 Å². The summed E-state index contributed by atoms with van der Waals surface area (Å²) < 4.78 is 39.7. The number of amides is 2. The van der Waals surface area contributed by atoms with Gasteiger partial charge < -0.3 is 15.1 Å². The zero-order valence-corrected chi connectivity index (χ0v) is 15.4. The first-order valence-electron chi connectivity index (χ1n) is 8.69. The van der Waals surface area contributed by atoms with E-state index in [1.165, 1.54) is 11.0 Å². The van der Waals surface area contributed by atoms with Gasteiger partial charge in [0.15, 0.2) is 5.65 Å². The van der Waals surface area contributed by atoms with E-state index in [1.807, 2.05) is 4.90 Å². The van der Waals surface area contributed by atoms with Crippen molar-refractivity contribution in [2.75, 3.05) is 38.6 Å². The number of carbonyl (C=O) groups excluding carboxylic acids is 2. The van der Waals surface area contributed by atoms with Crippen LogP contribution < -0.4 is 10.2 Å². The maximum absolute atomic E-state index is 13.0. The van der Waals surface area contributed by atoms with Crippen LogP contribution in [0.25, 0.3) is 5.65 Å². The van der Waals surface area contributed by atoms with E-state index >= 15 is 0 Å². The van der Waals surface area contributed by atoms with Crippen molar-refractivity contribution < 1.29 is 22.8 Å². The van der Waals surface area contributed by atoms with Gasteiger partial charge in [0.25, 0.3) is 5.82 Å². The average molecular weight is 399 g/mol. The molecule has 9 nitrogen and oxygen atoms in total. The Morgan fingerprint density at radius 1 is 1.21 bits per heavy atom. The van der Waals surface area contributed by atoms with Gasteiger partial charge >= 0.3 is 6.18 Å². The third kappa shape index (κ3) is 4.15. The fraction of sp³-hybridized carbons (Fsp3) is 0.562. The predicted molar refractivity (Wildman–Crippen MR) is 92.4 cm³/mol. The quantitative estimate of drug-likeness (QED) is 0.808. The number of anilines is 1. The minimum Gasteiger partial charge on any atom is -0.355 e. The number of nitrogens with one attached hydrogen (secondary N) is 1. The standard InChI is InChI=1S/C16H20F3N7O2/c1-24(2)13(27)9-20-14(28)10-5-7-25(8-6-10)12-4-3-11-21-22-15(16(17,18)19)26(11)23-12/h3-4,10H,5-9H2,1-2H3,(H,20,28). The van der Waals surface area contributed by atoms with Crippen LogP contribution in [0, 0.1) is 5.92 Å². The predicted octanol–water partition coefficient (Wildman–Crippen LogP) is 0.564. The monoisotopic (exact) mass is 399 g/mol. The molecular weight excluding hydrogens is 379 g/mol. The molecule has 12 heteroatoms. The summed E-state index contributed by atoms with van der Waals surface area (Å²) in [7, 11) is 3.22. The van der Waals surface area contributed by atoms with Gasteiger partial charge in [-0.3, -0.25) is 9.59 Å². The summed E-state index contributed by atoms with van der Waals surface area (Å²) in [6.45, 7) is 0.863. The largest absolute Gasteiger partial charge is 0.453 e. The van der Waals surface area contributed by atoms with Crippen molar-refractivity contribution in [1.82, 2.24) is 30.0 Å². The van der Waals surface area contributed by atoms with Gasteiger partial charge in [-0.15, -0.1) is 15.3 Å². The van der Waals surface area contributed by atoms with Crippen molar-refractivity contribution >= 4 is 23.3 Å². The Labute approximate surface area is 158 Å². The number of hydrogen-bond donors (Lipinski definition) is 1. The van der Waals surface area contributed by atoms with Gasteiger partial charge in [-0.25, -0.2) is 0 Å². The fourth-order valence-corrected chi connectivity index (χ4v) is 2.96. The number of hydrogen-bond acceptors (Lipinski definition) is 6. The zero-order valence-electron chi connectivity index (χ0n) is 15.4. The third-order valence-electron chi connectivity index (χ3n) is 4.60. The van der Waals surface area contributed by atoms with Gasteiger partial charge in [-0.2, -0.15) is 17.7 Å². The first kappa shape index (κ1) is 19.8. The molecule has 2 aromatic rings. The number of fused-ring (bicyclic) bond motifs is 1. The van der Waals surface area contributed by atoms with Crippen molar-refractivity contribution in [1.29, 1.82) is 0 Å². The minimum atomic E-state index is -4.65. The van der Waals surface area contributed by atoms with E-state index in [0.717, 1.165) is 0 Å². The summed E-state index contributed by atoms with van der Waals surface area (Å²) >= 11 is 0. The number of rotatable bonds is 4. The van der Waals surface area contributed by atoms with E-state index in [4.69, 9.17) is 0 Å². The average Bonchev–Trinajstić information content (AvgIpc) is 3.09. The van der Waals surface area contributed by atoms with E-state index in [2.05, 4.69) is 20.6 Å². The van der Waals surface area contributed by atoms with Gasteiger partial charge in [0.05, 0.1) is 6.54 Å². The summed E-state index contributed by atoms with van der Waals surface area (Å²) in [5.74, 6) is -1.46. The number of carbonyl (C=O) groups is 2. The number of aromatic nitrogens is 4. The molecule has 0 aromatic carbocycles. The highest BCUT2D eigenvalue weighted by Gasteiger charge is 2.38. The summed E-state index contributed by atoms with van der Waals surface area (Å²) in [4.78, 5) is 27.0. The highest BCUT2D eigenvalue weighted by atomic mass is 19.4. The molecule has 0 spiro atoms. The molecule has 3 rings (SSSR count). The summed E-state index contributed by atoms with van der Waals surface area (Å²) in [5.41, 5.74) is 0.0101. The maximum Gasteiger partial charge on any atom is 0.453 e. The third-order valence-corrected chi connectivity index (χ3v) is 4.60. The van der Waals surface area contributed by atoms with Crippen molar-refractivity contribution in [2.24, 2.45) is 5.92 Å². The fourth-order valence-electron chi connectivity index (χ4n) is 2.96. The first-order valence-corrected chi connectivity index (χ1v) is 8.69. The molecule has 1 saturated heterocycles. The molecular formula is C16H20F3N7O2. The maximum atomic E-state index is 13.0. The van der Waals surface area contributed by atoms with Crippen LogP contribution in [0.1, 0.15) is 18.7 Å². The lowest BCUT2D eigenvalue weighted by molar-refractivity contribution is -0.146. The van der Waals surface area contributed by atoms with Gasteiger partial charge in [-0.1, -0.05) is 0 Å². The Balaban J connectivity index is 1.63. The minimum absolute atomic E-state index is 0.0101. The van der Waals surface area contributed by atoms with Gasteiger partial charge in [0, 0.05) is 33.1 Å². The molecule has 28 heavy (non-hydrogen) atoms. The summed E-state index contributed by atoms with van der Waals surface area (Å²) in [6.07, 6.45) is -3.63. The highest BCUT2D eigenvalue weighted by Crippen LogP contribution is 2.28. The molecule has 2 amide bonds. The van der Waals surface area contributed by atoms with Gasteiger partial charge in [0.1, 0.15) is 5.82 Å². The van der Waals surface area contributed by atoms with Crippen molar-refractivity contribution in [2.45, 2.75) is 19.0 Å². The van der Waals surface area contributed by atoms with E-state index in [0.29, 0.717) is 36.3 Å². The van der Waals surface area contributed by atoms with Crippen LogP contribution in [-0.4, -0.2) is 70.3 Å². The first-order chi connectivity index (χ1) is 13.2. The number of likely N-dealkylation sites (N-methyl/N-ethyl adjacent to an activating group) is 1. The SMILES string of the molecule is CN(C)C(=O)CNC(=O)C1CCN(c2ccc3nnc(C(F)(F)F)n3n2)CC1. The van der Waals surface area contributed by atoms with Crippen molar-refractivity contribution in [3.05, 3.63) is 18.0 Å². The number of halogens is 3. The Kier molecular flexibility index (Phi) is 5.38. The molecule has 0 radical (unpaired) electrons. The van der Waals surface area contributed by atoms with Crippen molar-refractivity contribution in [3.63, 3.8) is 0 Å². The zero-order chi connectivity index (χ0) is 20.5. The van der Waals surface area contributed by atoms with E-state index in [1.54, 1.807) is 20.2 Å². The number of piperidine rings is 1. The molecule has 0 bridgehead atoms. The van der Waals surface area contributed by atoms with Crippen LogP contribution in [0.5, 0.6) is 0 Å². The number of nitrogens with zero attached hydrogens (tertiary/aromatic N) is 6. The lowest BCUT2D eigenvalue weighted by Crippen LogP contribution is -2.43. The van der Waals surface area contributed by atoms with Crippen LogP contribution in [-0.2, 0) is 15.8 Å². The Morgan fingerprint density at radius 2 is 1.89 bits per heavy atom. The number of alkyl halides is 3. The molecule has 152 valence electrons. The molecule has 0 aliphatic carbocycles. The van der Waals surface area contributed by atoms with Crippen LogP contribution in [0.3, 0.4) is 0 Å². The molecule has 2 aromatic heterocycles. The molecule has 0 atom stereocenters. The summed E-state index contributed by atoms with van der Waals surface area (Å²) in [6, 6.07) is 3.01. The lowest BCUT2D eigenvalue weighted by Gasteiger charge is -2.32. The second-order valence-electron chi connectivity index (χ2n) is 6.75. The molecule has 0 unspecified atom stereocenters. The topological polar surface area (TPSA) is 95.7 Å². The lowest BCUT2D eigenvalue weighted by atomic mass is 9.96. The molecule has 1 aliphatic heterocycles. The molecule has 1 fully saturated rings. The normalized spacial score (nSPS) is 15.7. The van der Waals surface area contributed by atoms with Crippen LogP contribution in [0.4, 0.5) is 19.0 Å². The molecule has 3 heterocycles. The summed E-state index contributed by atoms with van der Waals surface area (Å²) in [5, 5.41) is 13.3. The Morgan fingerprint density at radius 3 is 2.50 bits per heavy atom. The van der Waals surface area contributed by atoms with E-state index in [9.17, 15) is 22.8 Å². The van der Waals surface area contributed by atoms with E-state index in [-0.39, 0.29) is 29.9 Å². The second-order valence-corrected chi connectivity index (χ2v) is 6.75. The highest BCUT2D eigenvalue weighted by molar-refractivity contribution is 5.85. The smallest absolute Gasteiger partial charge is 0.355 e. The second kappa shape index (κ2) is 7.60.